The van der Waals surface area contributed by atoms with E-state index in [0.29, 0.717) is 31.4 Å². The molecule has 7 heteroatoms. The van der Waals surface area contributed by atoms with Gasteiger partial charge in [-0.25, -0.2) is 4.98 Å². The van der Waals surface area contributed by atoms with E-state index in [2.05, 4.69) is 0 Å². The van der Waals surface area contributed by atoms with Crippen LogP contribution in [0.25, 0.3) is 11.0 Å². The molecule has 1 saturated heterocycles. The molecule has 1 aliphatic carbocycles. The molecule has 1 aliphatic heterocycles. The Morgan fingerprint density at radius 2 is 1.83 bits per heavy atom. The molecule has 2 fully saturated rings. The minimum atomic E-state index is -0.0997. The molecule has 5 rings (SSSR count). The molecule has 184 valence electrons. The lowest BCUT2D eigenvalue weighted by Gasteiger charge is -2.31. The lowest BCUT2D eigenvalue weighted by atomic mass is 9.94. The van der Waals surface area contributed by atoms with Crippen LogP contribution >= 0.6 is 0 Å². The van der Waals surface area contributed by atoms with E-state index in [-0.39, 0.29) is 24.3 Å². The summed E-state index contributed by atoms with van der Waals surface area (Å²) in [7, 11) is 1.93. The summed E-state index contributed by atoms with van der Waals surface area (Å²) in [6.07, 6.45) is 6.13. The van der Waals surface area contributed by atoms with Crippen LogP contribution in [0.1, 0.15) is 57.2 Å². The summed E-state index contributed by atoms with van der Waals surface area (Å²) in [5, 5.41) is 0. The number of hydrogen-bond donors (Lipinski definition) is 0. The van der Waals surface area contributed by atoms with Gasteiger partial charge in [0.1, 0.15) is 18.1 Å². The number of ether oxygens (including phenoxy) is 1. The lowest BCUT2D eigenvalue weighted by Crippen LogP contribution is -2.40. The Balaban J connectivity index is 1.43. The number of anilines is 1. The number of fused-ring (bicyclic) bond motifs is 1. The van der Waals surface area contributed by atoms with Crippen molar-refractivity contribution in [1.29, 1.82) is 0 Å². The number of likely N-dealkylation sites (N-methyl/N-ethyl adjacent to an activating group) is 1. The Bertz CT molecular complexity index is 1210. The summed E-state index contributed by atoms with van der Waals surface area (Å²) in [4.78, 5) is 35.2. The third kappa shape index (κ3) is 4.64. The Kier molecular flexibility index (Phi) is 6.75. The second-order valence-corrected chi connectivity index (χ2v) is 9.65. The van der Waals surface area contributed by atoms with Crippen molar-refractivity contribution in [2.45, 2.75) is 64.0 Å². The summed E-state index contributed by atoms with van der Waals surface area (Å²) in [6.45, 7) is 3.23. The molecule has 2 amide bonds. The monoisotopic (exact) mass is 474 g/mol. The van der Waals surface area contributed by atoms with E-state index in [9.17, 15) is 9.59 Å². The largest absolute Gasteiger partial charge is 0.492 e. The number of carbonyl (C=O) groups excluding carboxylic acids is 2. The van der Waals surface area contributed by atoms with E-state index in [0.717, 1.165) is 35.4 Å². The topological polar surface area (TPSA) is 67.7 Å². The quantitative estimate of drug-likeness (QED) is 0.496. The number of benzene rings is 2. The number of carbonyl (C=O) groups is 2. The summed E-state index contributed by atoms with van der Waals surface area (Å²) >= 11 is 0. The third-order valence-electron chi connectivity index (χ3n) is 7.44. The molecule has 35 heavy (non-hydrogen) atoms. The Labute approximate surface area is 206 Å². The van der Waals surface area contributed by atoms with Crippen molar-refractivity contribution in [2.24, 2.45) is 0 Å². The maximum atomic E-state index is 13.4. The van der Waals surface area contributed by atoms with E-state index in [1.807, 2.05) is 72.0 Å². The molecule has 2 aromatic carbocycles. The smallest absolute Gasteiger partial charge is 0.242 e. The molecule has 1 saturated carbocycles. The van der Waals surface area contributed by atoms with Gasteiger partial charge in [-0.15, -0.1) is 0 Å². The molecule has 2 aliphatic rings. The van der Waals surface area contributed by atoms with Crippen molar-refractivity contribution in [1.82, 2.24) is 14.5 Å². The van der Waals surface area contributed by atoms with Gasteiger partial charge in [0, 0.05) is 32.0 Å². The molecule has 0 spiro atoms. The Hall–Kier alpha value is -3.35. The van der Waals surface area contributed by atoms with Crippen LogP contribution in [0.3, 0.4) is 0 Å². The molecular formula is C28H34N4O3. The van der Waals surface area contributed by atoms with Gasteiger partial charge in [-0.1, -0.05) is 43.5 Å². The number of amides is 2. The predicted molar refractivity (Wildman–Crippen MR) is 137 cm³/mol. The fourth-order valence-corrected chi connectivity index (χ4v) is 5.56. The third-order valence-corrected chi connectivity index (χ3v) is 7.44. The second-order valence-electron chi connectivity index (χ2n) is 9.65. The maximum absolute atomic E-state index is 13.4. The predicted octanol–water partition coefficient (Wildman–Crippen LogP) is 4.75. The summed E-state index contributed by atoms with van der Waals surface area (Å²) in [5.74, 6) is 1.57. The van der Waals surface area contributed by atoms with Crippen molar-refractivity contribution < 1.29 is 14.3 Å². The molecule has 0 radical (unpaired) electrons. The first kappa shape index (κ1) is 23.4. The van der Waals surface area contributed by atoms with Crippen molar-refractivity contribution in [2.75, 3.05) is 25.1 Å². The van der Waals surface area contributed by atoms with Gasteiger partial charge in [-0.2, -0.15) is 0 Å². The molecule has 3 aromatic rings. The number of hydrogen-bond acceptors (Lipinski definition) is 4. The Morgan fingerprint density at radius 1 is 1.09 bits per heavy atom. The standard InChI is InChI=1S/C28H34N4O3/c1-3-35-25-16-10-9-15-24(25)31-18-20(17-26(31)33)28-29-22-13-7-8-14-23(22)32(28)19-27(34)30(2)21-11-5-4-6-12-21/h7-10,13-16,20-21H,3-6,11-12,17-19H2,1-2H3. The van der Waals surface area contributed by atoms with Crippen LogP contribution in [-0.4, -0.2) is 52.5 Å². The fraction of sp³-hybridized carbons (Fsp3) is 0.464. The SMILES string of the molecule is CCOc1ccccc1N1CC(c2nc3ccccc3n2CC(=O)N(C)C2CCCCC2)CC1=O. The number of imidazole rings is 1. The van der Waals surface area contributed by atoms with Gasteiger partial charge in [-0.3, -0.25) is 9.59 Å². The van der Waals surface area contributed by atoms with Crippen LogP contribution < -0.4 is 9.64 Å². The number of rotatable bonds is 7. The van der Waals surface area contributed by atoms with E-state index in [1.54, 1.807) is 4.90 Å². The molecule has 7 nitrogen and oxygen atoms in total. The zero-order chi connectivity index (χ0) is 24.4. The average Bonchev–Trinajstić information content (AvgIpc) is 3.45. The maximum Gasteiger partial charge on any atom is 0.242 e. The van der Waals surface area contributed by atoms with Crippen molar-refractivity contribution >= 4 is 28.5 Å². The van der Waals surface area contributed by atoms with Crippen molar-refractivity contribution in [3.8, 4) is 5.75 Å². The minimum absolute atomic E-state index is 0.0476. The van der Waals surface area contributed by atoms with Crippen LogP contribution in [-0.2, 0) is 16.1 Å². The van der Waals surface area contributed by atoms with Gasteiger partial charge in [0.25, 0.3) is 0 Å². The van der Waals surface area contributed by atoms with Gasteiger partial charge in [0.05, 0.1) is 23.3 Å². The summed E-state index contributed by atoms with van der Waals surface area (Å²) < 4.78 is 7.82. The first-order valence-corrected chi connectivity index (χ1v) is 12.8. The highest BCUT2D eigenvalue weighted by Gasteiger charge is 2.36. The van der Waals surface area contributed by atoms with E-state index >= 15 is 0 Å². The van der Waals surface area contributed by atoms with Gasteiger partial charge in [-0.05, 0) is 44.0 Å². The second kappa shape index (κ2) is 10.1. The van der Waals surface area contributed by atoms with Gasteiger partial charge in [0.15, 0.2) is 0 Å². The first-order valence-electron chi connectivity index (χ1n) is 12.8. The van der Waals surface area contributed by atoms with Crippen LogP contribution in [0, 0.1) is 0 Å². The van der Waals surface area contributed by atoms with Gasteiger partial charge >= 0.3 is 0 Å². The zero-order valence-electron chi connectivity index (χ0n) is 20.7. The zero-order valence-corrected chi connectivity index (χ0v) is 20.7. The normalized spacial score (nSPS) is 18.9. The lowest BCUT2D eigenvalue weighted by molar-refractivity contribution is -0.133. The van der Waals surface area contributed by atoms with E-state index in [1.165, 1.54) is 19.3 Å². The average molecular weight is 475 g/mol. The van der Waals surface area contributed by atoms with Gasteiger partial charge in [0.2, 0.25) is 11.8 Å². The number of aromatic nitrogens is 2. The van der Waals surface area contributed by atoms with Crippen LogP contribution in [0.2, 0.25) is 0 Å². The van der Waals surface area contributed by atoms with Crippen molar-refractivity contribution in [3.63, 3.8) is 0 Å². The molecule has 0 bridgehead atoms. The highest BCUT2D eigenvalue weighted by molar-refractivity contribution is 5.98. The van der Waals surface area contributed by atoms with E-state index in [4.69, 9.17) is 9.72 Å². The summed E-state index contributed by atoms with van der Waals surface area (Å²) in [6, 6.07) is 15.9. The highest BCUT2D eigenvalue weighted by atomic mass is 16.5. The van der Waals surface area contributed by atoms with Crippen LogP contribution in [0.15, 0.2) is 48.5 Å². The number of para-hydroxylation sites is 4. The molecule has 1 atom stereocenters. The number of nitrogens with zero attached hydrogens (tertiary/aromatic N) is 4. The summed E-state index contributed by atoms with van der Waals surface area (Å²) in [5.41, 5.74) is 2.59. The van der Waals surface area contributed by atoms with Crippen LogP contribution in [0.4, 0.5) is 5.69 Å². The molecule has 1 unspecified atom stereocenters. The fourth-order valence-electron chi connectivity index (χ4n) is 5.56. The minimum Gasteiger partial charge on any atom is -0.492 e. The van der Waals surface area contributed by atoms with Crippen LogP contribution in [0.5, 0.6) is 5.75 Å². The highest BCUT2D eigenvalue weighted by Crippen LogP contribution is 2.37. The molecular weight excluding hydrogens is 440 g/mol. The van der Waals surface area contributed by atoms with E-state index < -0.39 is 0 Å². The van der Waals surface area contributed by atoms with Gasteiger partial charge < -0.3 is 19.1 Å². The molecule has 1 aromatic heterocycles. The Morgan fingerprint density at radius 3 is 2.63 bits per heavy atom. The molecule has 0 N–H and O–H groups in total. The molecule has 2 heterocycles. The van der Waals surface area contributed by atoms with Crippen molar-refractivity contribution in [3.05, 3.63) is 54.4 Å². The first-order chi connectivity index (χ1) is 17.1.